The van der Waals surface area contributed by atoms with Gasteiger partial charge in [-0.15, -0.1) is 0 Å². The second kappa shape index (κ2) is 11.2. The van der Waals surface area contributed by atoms with E-state index < -0.39 is 0 Å². The van der Waals surface area contributed by atoms with E-state index in [1.54, 1.807) is 12.1 Å². The van der Waals surface area contributed by atoms with Gasteiger partial charge < -0.3 is 25.8 Å². The maximum Gasteiger partial charge on any atom is 0.251 e. The molecule has 1 saturated carbocycles. The van der Waals surface area contributed by atoms with Gasteiger partial charge in [-0.3, -0.25) is 4.79 Å². The van der Waals surface area contributed by atoms with Gasteiger partial charge in [0.1, 0.15) is 11.5 Å². The molecule has 0 aliphatic heterocycles. The van der Waals surface area contributed by atoms with Gasteiger partial charge in [-0.05, 0) is 68.5 Å². The number of aliphatic imine (C=N–C) groups is 1. The van der Waals surface area contributed by atoms with Gasteiger partial charge in [-0.25, -0.2) is 4.99 Å². The van der Waals surface area contributed by atoms with Crippen LogP contribution in [0.2, 0.25) is 0 Å². The van der Waals surface area contributed by atoms with Crippen molar-refractivity contribution < 1.29 is 14.6 Å². The third kappa shape index (κ3) is 7.51. The summed E-state index contributed by atoms with van der Waals surface area (Å²) >= 11 is 0. The number of hydrogen-bond acceptors (Lipinski definition) is 4. The van der Waals surface area contributed by atoms with Crippen LogP contribution in [0.3, 0.4) is 0 Å². The fourth-order valence-corrected chi connectivity index (χ4v) is 3.00. The molecule has 0 saturated heterocycles. The lowest BCUT2D eigenvalue weighted by Gasteiger charge is -2.14. The molecule has 0 aromatic heterocycles. The molecule has 2 aromatic carbocycles. The largest absolute Gasteiger partial charge is 0.508 e. The smallest absolute Gasteiger partial charge is 0.251 e. The molecule has 0 atom stereocenters. The number of nitrogens with zero attached hydrogens (tertiary/aromatic N) is 1. The summed E-state index contributed by atoms with van der Waals surface area (Å²) in [6, 6.07) is 12.4. The summed E-state index contributed by atoms with van der Waals surface area (Å²) < 4.78 is 6.04. The van der Waals surface area contributed by atoms with Crippen molar-refractivity contribution in [1.29, 1.82) is 0 Å². The van der Waals surface area contributed by atoms with Crippen molar-refractivity contribution in [2.75, 3.05) is 26.2 Å². The molecule has 166 valence electrons. The quantitative estimate of drug-likeness (QED) is 0.267. The second-order valence-corrected chi connectivity index (χ2v) is 7.79. The molecule has 0 bridgehead atoms. The maximum absolute atomic E-state index is 12.1. The lowest BCUT2D eigenvalue weighted by molar-refractivity contribution is 0.0954. The van der Waals surface area contributed by atoms with Crippen molar-refractivity contribution in [3.05, 3.63) is 59.2 Å². The van der Waals surface area contributed by atoms with E-state index in [2.05, 4.69) is 46.1 Å². The Morgan fingerprint density at radius 1 is 1.10 bits per heavy atom. The summed E-state index contributed by atoms with van der Waals surface area (Å²) in [4.78, 5) is 16.8. The first-order valence-corrected chi connectivity index (χ1v) is 10.9. The highest BCUT2D eigenvalue weighted by atomic mass is 16.5. The Bertz CT molecular complexity index is 892. The molecule has 1 amide bonds. The van der Waals surface area contributed by atoms with E-state index in [1.165, 1.54) is 30.5 Å². The Labute approximate surface area is 183 Å². The zero-order chi connectivity index (χ0) is 22.1. The lowest BCUT2D eigenvalue weighted by atomic mass is 10.1. The van der Waals surface area contributed by atoms with Crippen molar-refractivity contribution >= 4 is 11.9 Å². The molecule has 0 spiro atoms. The molecule has 1 fully saturated rings. The number of amides is 1. The number of aromatic hydroxyl groups is 1. The van der Waals surface area contributed by atoms with Crippen molar-refractivity contribution in [3.8, 4) is 11.5 Å². The van der Waals surface area contributed by atoms with Crippen LogP contribution in [0.4, 0.5) is 0 Å². The molecule has 1 aliphatic rings. The van der Waals surface area contributed by atoms with Crippen LogP contribution in [0, 0.1) is 12.8 Å². The lowest BCUT2D eigenvalue weighted by Crippen LogP contribution is -2.41. The zero-order valence-corrected chi connectivity index (χ0v) is 18.3. The predicted octanol–water partition coefficient (Wildman–Crippen LogP) is 2.97. The fourth-order valence-electron chi connectivity index (χ4n) is 3.00. The Morgan fingerprint density at radius 3 is 2.55 bits per heavy atom. The van der Waals surface area contributed by atoms with Crippen LogP contribution < -0.4 is 20.7 Å². The highest BCUT2D eigenvalue weighted by molar-refractivity contribution is 5.94. The van der Waals surface area contributed by atoms with Crippen LogP contribution >= 0.6 is 0 Å². The van der Waals surface area contributed by atoms with Gasteiger partial charge >= 0.3 is 0 Å². The molecule has 4 N–H and O–H groups in total. The molecule has 2 aromatic rings. The Balaban J connectivity index is 1.50. The van der Waals surface area contributed by atoms with E-state index in [4.69, 9.17) is 4.74 Å². The summed E-state index contributed by atoms with van der Waals surface area (Å²) in [7, 11) is 0. The van der Waals surface area contributed by atoms with E-state index in [0.717, 1.165) is 24.5 Å². The number of rotatable bonds is 10. The van der Waals surface area contributed by atoms with Crippen molar-refractivity contribution in [2.45, 2.75) is 33.2 Å². The molecule has 0 heterocycles. The molecule has 7 nitrogen and oxygen atoms in total. The minimum absolute atomic E-state index is 0.138. The number of hydrogen-bond donors (Lipinski definition) is 4. The average Bonchev–Trinajstić information content (AvgIpc) is 3.59. The van der Waals surface area contributed by atoms with Gasteiger partial charge in [0.05, 0.1) is 13.2 Å². The van der Waals surface area contributed by atoms with Gasteiger partial charge in [-0.2, -0.15) is 0 Å². The summed E-state index contributed by atoms with van der Waals surface area (Å²) in [5.74, 6) is 2.26. The third-order valence-electron chi connectivity index (χ3n) is 4.98. The number of nitrogens with one attached hydrogen (secondary N) is 3. The van der Waals surface area contributed by atoms with E-state index in [-0.39, 0.29) is 11.7 Å². The highest BCUT2D eigenvalue weighted by Crippen LogP contribution is 2.30. The fraction of sp³-hybridized carbons (Fsp3) is 0.417. The van der Waals surface area contributed by atoms with Crippen LogP contribution in [-0.2, 0) is 6.54 Å². The highest BCUT2D eigenvalue weighted by Gasteiger charge is 2.22. The first-order chi connectivity index (χ1) is 15.0. The standard InChI is InChI=1S/C24H32N4O3/c1-3-25-24(27-13-12-26-23(30)19-8-10-21(29)11-9-19)28-15-20-7-4-17(2)14-22(20)31-16-18-5-6-18/h4,7-11,14,18,29H,3,5-6,12-13,15-16H2,1-2H3,(H,26,30)(H2,25,27,28). The van der Waals surface area contributed by atoms with Crippen molar-refractivity contribution in [3.63, 3.8) is 0 Å². The molecule has 1 aliphatic carbocycles. The van der Waals surface area contributed by atoms with Crippen LogP contribution in [0.5, 0.6) is 11.5 Å². The number of guanidine groups is 1. The number of aryl methyl sites for hydroxylation is 1. The zero-order valence-electron chi connectivity index (χ0n) is 18.3. The van der Waals surface area contributed by atoms with Crippen LogP contribution in [0.25, 0.3) is 0 Å². The Morgan fingerprint density at radius 2 is 1.84 bits per heavy atom. The predicted molar refractivity (Wildman–Crippen MR) is 123 cm³/mol. The van der Waals surface area contributed by atoms with E-state index in [9.17, 15) is 9.90 Å². The molecule has 31 heavy (non-hydrogen) atoms. The van der Waals surface area contributed by atoms with Gasteiger partial charge in [0, 0.05) is 30.8 Å². The minimum atomic E-state index is -0.180. The van der Waals surface area contributed by atoms with Gasteiger partial charge in [0.2, 0.25) is 0 Å². The topological polar surface area (TPSA) is 95.0 Å². The van der Waals surface area contributed by atoms with Crippen LogP contribution in [0.1, 0.15) is 41.3 Å². The third-order valence-corrected chi connectivity index (χ3v) is 4.98. The Kier molecular flexibility index (Phi) is 8.15. The first kappa shape index (κ1) is 22.5. The van der Waals surface area contributed by atoms with E-state index in [1.807, 2.05) is 6.92 Å². The van der Waals surface area contributed by atoms with Gasteiger partial charge in [-0.1, -0.05) is 12.1 Å². The molecule has 0 unspecified atom stereocenters. The number of ether oxygens (including phenoxy) is 1. The maximum atomic E-state index is 12.1. The summed E-state index contributed by atoms with van der Waals surface area (Å²) in [5.41, 5.74) is 2.74. The first-order valence-electron chi connectivity index (χ1n) is 10.9. The number of carbonyl (C=O) groups is 1. The molecule has 7 heteroatoms. The monoisotopic (exact) mass is 424 g/mol. The van der Waals surface area contributed by atoms with Crippen LogP contribution in [-0.4, -0.2) is 43.2 Å². The van der Waals surface area contributed by atoms with Gasteiger partial charge in [0.25, 0.3) is 5.91 Å². The summed E-state index contributed by atoms with van der Waals surface area (Å²) in [6.07, 6.45) is 2.52. The second-order valence-electron chi connectivity index (χ2n) is 7.79. The molecule has 0 radical (unpaired) electrons. The number of phenols is 1. The van der Waals surface area contributed by atoms with E-state index in [0.29, 0.717) is 37.1 Å². The molecule has 3 rings (SSSR count). The minimum Gasteiger partial charge on any atom is -0.508 e. The summed E-state index contributed by atoms with van der Waals surface area (Å²) in [5, 5.41) is 18.6. The van der Waals surface area contributed by atoms with E-state index >= 15 is 0 Å². The van der Waals surface area contributed by atoms with Crippen molar-refractivity contribution in [2.24, 2.45) is 10.9 Å². The Hall–Kier alpha value is -3.22. The number of carbonyl (C=O) groups excluding carboxylic acids is 1. The number of phenolic OH excluding ortho intramolecular Hbond substituents is 1. The normalized spacial score (nSPS) is 13.5. The van der Waals surface area contributed by atoms with Crippen molar-refractivity contribution in [1.82, 2.24) is 16.0 Å². The molecular weight excluding hydrogens is 392 g/mol. The average molecular weight is 425 g/mol. The van der Waals surface area contributed by atoms with Gasteiger partial charge in [0.15, 0.2) is 5.96 Å². The molecular formula is C24H32N4O3. The number of benzene rings is 2. The van der Waals surface area contributed by atoms with Crippen LogP contribution in [0.15, 0.2) is 47.5 Å². The SMILES string of the molecule is CCNC(=NCc1ccc(C)cc1OCC1CC1)NCCNC(=O)c1ccc(O)cc1. The summed E-state index contributed by atoms with van der Waals surface area (Å²) in [6.45, 7) is 7.09.